The predicted octanol–water partition coefficient (Wildman–Crippen LogP) is 4.55. The molecule has 6 nitrogen and oxygen atoms in total. The molecule has 0 spiro atoms. The number of benzene rings is 2. The van der Waals surface area contributed by atoms with Gasteiger partial charge in [-0.05, 0) is 48.9 Å². The molecule has 1 N–H and O–H groups in total. The van der Waals surface area contributed by atoms with Crippen LogP contribution in [0.15, 0.2) is 42.5 Å². The Kier molecular flexibility index (Phi) is 6.77. The fraction of sp³-hybridized carbons (Fsp3) is 0.286. The van der Waals surface area contributed by atoms with Gasteiger partial charge in [-0.1, -0.05) is 30.1 Å². The number of carbonyl (C=O) groups excluding carboxylic acids is 3. The van der Waals surface area contributed by atoms with E-state index in [-0.39, 0.29) is 24.8 Å². The van der Waals surface area contributed by atoms with Crippen molar-refractivity contribution in [3.8, 4) is 0 Å². The van der Waals surface area contributed by atoms with Crippen molar-refractivity contribution >= 4 is 52.4 Å². The Morgan fingerprint density at radius 3 is 2.59 bits per heavy atom. The minimum atomic E-state index is -0.522. The van der Waals surface area contributed by atoms with E-state index in [4.69, 9.17) is 27.9 Å². The smallest absolute Gasteiger partial charge is 0.338 e. The standard InChI is InChI=1S/C21H20Cl2N2O4/c1-2-9-29-21(28)13-3-6-16(7-4-13)24-20(27)14-10-19(26)25(12-14)18-11-15(22)5-8-17(18)23/h3-8,11,14H,2,9-10,12H2,1H3,(H,24,27)/t14-/m1/s1. The van der Waals surface area contributed by atoms with Crippen molar-refractivity contribution < 1.29 is 19.1 Å². The minimum Gasteiger partial charge on any atom is -0.462 e. The highest BCUT2D eigenvalue weighted by Gasteiger charge is 2.36. The van der Waals surface area contributed by atoms with Crippen molar-refractivity contribution in [2.24, 2.45) is 5.92 Å². The molecule has 2 aromatic carbocycles. The van der Waals surface area contributed by atoms with Crippen LogP contribution >= 0.6 is 23.2 Å². The van der Waals surface area contributed by atoms with E-state index in [2.05, 4.69) is 5.32 Å². The van der Waals surface area contributed by atoms with Gasteiger partial charge in [0.2, 0.25) is 11.8 Å². The second-order valence-electron chi connectivity index (χ2n) is 6.70. The van der Waals surface area contributed by atoms with E-state index < -0.39 is 11.9 Å². The molecule has 8 heteroatoms. The second kappa shape index (κ2) is 9.29. The van der Waals surface area contributed by atoms with Gasteiger partial charge in [-0.2, -0.15) is 0 Å². The molecule has 1 aliphatic heterocycles. The number of esters is 1. The Labute approximate surface area is 178 Å². The molecule has 0 unspecified atom stereocenters. The number of anilines is 2. The maximum Gasteiger partial charge on any atom is 0.338 e. The lowest BCUT2D eigenvalue weighted by atomic mass is 10.1. The highest BCUT2D eigenvalue weighted by Crippen LogP contribution is 2.33. The molecule has 0 bridgehead atoms. The zero-order valence-corrected chi connectivity index (χ0v) is 17.3. The fourth-order valence-electron chi connectivity index (χ4n) is 3.02. The topological polar surface area (TPSA) is 75.7 Å². The molecule has 152 valence electrons. The molecule has 1 aliphatic rings. The van der Waals surface area contributed by atoms with Crippen LogP contribution < -0.4 is 10.2 Å². The van der Waals surface area contributed by atoms with Gasteiger partial charge in [0, 0.05) is 23.7 Å². The van der Waals surface area contributed by atoms with E-state index >= 15 is 0 Å². The van der Waals surface area contributed by atoms with Gasteiger partial charge in [0.15, 0.2) is 0 Å². The summed E-state index contributed by atoms with van der Waals surface area (Å²) in [6, 6.07) is 11.3. The summed E-state index contributed by atoms with van der Waals surface area (Å²) in [5.74, 6) is -1.39. The number of nitrogens with zero attached hydrogens (tertiary/aromatic N) is 1. The van der Waals surface area contributed by atoms with E-state index in [9.17, 15) is 14.4 Å². The van der Waals surface area contributed by atoms with Gasteiger partial charge in [0.05, 0.1) is 28.8 Å². The minimum absolute atomic E-state index is 0.0795. The first-order valence-electron chi connectivity index (χ1n) is 9.22. The first-order chi connectivity index (χ1) is 13.9. The maximum atomic E-state index is 12.6. The number of amides is 2. The van der Waals surface area contributed by atoms with Gasteiger partial charge in [-0.3, -0.25) is 9.59 Å². The van der Waals surface area contributed by atoms with E-state index in [0.29, 0.717) is 33.6 Å². The molecule has 0 aliphatic carbocycles. The predicted molar refractivity (Wildman–Crippen MR) is 113 cm³/mol. The van der Waals surface area contributed by atoms with E-state index in [0.717, 1.165) is 6.42 Å². The van der Waals surface area contributed by atoms with Crippen molar-refractivity contribution in [1.29, 1.82) is 0 Å². The third-order valence-corrected chi connectivity index (χ3v) is 5.07. The highest BCUT2D eigenvalue weighted by molar-refractivity contribution is 6.36. The Bertz CT molecular complexity index is 931. The van der Waals surface area contributed by atoms with Gasteiger partial charge in [-0.15, -0.1) is 0 Å². The van der Waals surface area contributed by atoms with Crippen LogP contribution in [0, 0.1) is 5.92 Å². The van der Waals surface area contributed by atoms with Crippen LogP contribution in [0.4, 0.5) is 11.4 Å². The summed E-state index contributed by atoms with van der Waals surface area (Å²) in [4.78, 5) is 38.3. The summed E-state index contributed by atoms with van der Waals surface area (Å²) >= 11 is 12.2. The first kappa shape index (κ1) is 21.1. The van der Waals surface area contributed by atoms with E-state index in [1.54, 1.807) is 42.5 Å². The lowest BCUT2D eigenvalue weighted by Crippen LogP contribution is -2.28. The van der Waals surface area contributed by atoms with Gasteiger partial charge < -0.3 is 15.0 Å². The molecule has 0 radical (unpaired) electrons. The van der Waals surface area contributed by atoms with Crippen molar-refractivity contribution in [2.45, 2.75) is 19.8 Å². The van der Waals surface area contributed by atoms with Crippen molar-refractivity contribution in [1.82, 2.24) is 0 Å². The van der Waals surface area contributed by atoms with Gasteiger partial charge in [0.25, 0.3) is 0 Å². The van der Waals surface area contributed by atoms with Crippen molar-refractivity contribution in [2.75, 3.05) is 23.4 Å². The van der Waals surface area contributed by atoms with Crippen molar-refractivity contribution in [3.63, 3.8) is 0 Å². The summed E-state index contributed by atoms with van der Waals surface area (Å²) in [5.41, 5.74) is 1.44. The number of hydrogen-bond acceptors (Lipinski definition) is 4. The van der Waals surface area contributed by atoms with Crippen molar-refractivity contribution in [3.05, 3.63) is 58.1 Å². The summed E-state index contributed by atoms with van der Waals surface area (Å²) in [7, 11) is 0. The molecular formula is C21H20Cl2N2O4. The Morgan fingerprint density at radius 1 is 1.17 bits per heavy atom. The number of nitrogens with one attached hydrogen (secondary N) is 1. The summed E-state index contributed by atoms with van der Waals surface area (Å²) < 4.78 is 5.07. The highest BCUT2D eigenvalue weighted by atomic mass is 35.5. The molecule has 3 rings (SSSR count). The Hall–Kier alpha value is -2.57. The average Bonchev–Trinajstić information content (AvgIpc) is 3.10. The van der Waals surface area contributed by atoms with Gasteiger partial charge >= 0.3 is 5.97 Å². The van der Waals surface area contributed by atoms with E-state index in [1.165, 1.54) is 4.90 Å². The zero-order chi connectivity index (χ0) is 21.0. The lowest BCUT2D eigenvalue weighted by Gasteiger charge is -2.18. The van der Waals surface area contributed by atoms with Gasteiger partial charge in [0.1, 0.15) is 0 Å². The number of ether oxygens (including phenoxy) is 1. The quantitative estimate of drug-likeness (QED) is 0.676. The van der Waals surface area contributed by atoms with Crippen LogP contribution in [0.2, 0.25) is 10.0 Å². The third kappa shape index (κ3) is 5.08. The Balaban J connectivity index is 1.63. The molecule has 1 heterocycles. The van der Waals surface area contributed by atoms with Crippen LogP contribution in [0.3, 0.4) is 0 Å². The number of rotatable bonds is 6. The Morgan fingerprint density at radius 2 is 1.90 bits per heavy atom. The maximum absolute atomic E-state index is 12.6. The molecule has 2 amide bonds. The van der Waals surface area contributed by atoms with Crippen LogP contribution in [0.25, 0.3) is 0 Å². The number of halogens is 2. The van der Waals surface area contributed by atoms with Crippen LogP contribution in [-0.4, -0.2) is 30.9 Å². The first-order valence-corrected chi connectivity index (χ1v) is 9.98. The van der Waals surface area contributed by atoms with Crippen LogP contribution in [-0.2, 0) is 14.3 Å². The third-order valence-electron chi connectivity index (χ3n) is 4.52. The zero-order valence-electron chi connectivity index (χ0n) is 15.8. The largest absolute Gasteiger partial charge is 0.462 e. The lowest BCUT2D eigenvalue weighted by molar-refractivity contribution is -0.122. The fourth-order valence-corrected chi connectivity index (χ4v) is 3.41. The monoisotopic (exact) mass is 434 g/mol. The normalized spacial score (nSPS) is 16.0. The summed E-state index contributed by atoms with van der Waals surface area (Å²) in [6.45, 7) is 2.49. The number of carbonyl (C=O) groups is 3. The SMILES string of the molecule is CCCOC(=O)c1ccc(NC(=O)[C@@H]2CC(=O)N(c3cc(Cl)ccc3Cl)C2)cc1. The summed E-state index contributed by atoms with van der Waals surface area (Å²) in [6.07, 6.45) is 0.827. The molecule has 0 saturated carbocycles. The second-order valence-corrected chi connectivity index (χ2v) is 7.55. The molecule has 1 saturated heterocycles. The molecule has 29 heavy (non-hydrogen) atoms. The van der Waals surface area contributed by atoms with E-state index in [1.807, 2.05) is 6.92 Å². The molecule has 0 aromatic heterocycles. The number of hydrogen-bond donors (Lipinski definition) is 1. The van der Waals surface area contributed by atoms with Crippen LogP contribution in [0.1, 0.15) is 30.1 Å². The summed E-state index contributed by atoms with van der Waals surface area (Å²) in [5, 5.41) is 3.64. The molecule has 2 aromatic rings. The molecular weight excluding hydrogens is 415 g/mol. The molecule has 1 atom stereocenters. The van der Waals surface area contributed by atoms with Gasteiger partial charge in [-0.25, -0.2) is 4.79 Å². The molecule has 1 fully saturated rings. The average molecular weight is 435 g/mol. The van der Waals surface area contributed by atoms with Crippen LogP contribution in [0.5, 0.6) is 0 Å².